The summed E-state index contributed by atoms with van der Waals surface area (Å²) in [6.45, 7) is 4.22. The highest BCUT2D eigenvalue weighted by Gasteiger charge is 2.13. The minimum Gasteiger partial charge on any atom is -0.356 e. The third-order valence-corrected chi connectivity index (χ3v) is 4.74. The molecule has 2 aromatic carbocycles. The van der Waals surface area contributed by atoms with E-state index in [0.29, 0.717) is 24.1 Å². The summed E-state index contributed by atoms with van der Waals surface area (Å²) in [5.74, 6) is 0.635. The van der Waals surface area contributed by atoms with Crippen molar-refractivity contribution in [2.24, 2.45) is 4.99 Å². The molecule has 0 bridgehead atoms. The highest BCUT2D eigenvalue weighted by Crippen LogP contribution is 2.17. The Kier molecular flexibility index (Phi) is 8.42. The minimum atomic E-state index is -0.364. The maximum atomic E-state index is 11.1. The maximum absolute atomic E-state index is 11.1. The lowest BCUT2D eigenvalue weighted by atomic mass is 10.1. The number of rotatable bonds is 9. The lowest BCUT2D eigenvalue weighted by Crippen LogP contribution is -2.39. The molecular weight excluding hydrogens is 354 g/mol. The molecule has 2 aromatic rings. The summed E-state index contributed by atoms with van der Waals surface area (Å²) in [7, 11) is 3.82. The van der Waals surface area contributed by atoms with Gasteiger partial charge < -0.3 is 10.6 Å². The molecule has 28 heavy (non-hydrogen) atoms. The van der Waals surface area contributed by atoms with Crippen LogP contribution in [0.2, 0.25) is 0 Å². The molecule has 0 heterocycles. The summed E-state index contributed by atoms with van der Waals surface area (Å²) in [5.41, 5.74) is 2.04. The van der Waals surface area contributed by atoms with E-state index >= 15 is 0 Å². The van der Waals surface area contributed by atoms with Crippen LogP contribution < -0.4 is 10.6 Å². The Labute approximate surface area is 166 Å². The lowest BCUT2D eigenvalue weighted by molar-refractivity contribution is -0.385. The van der Waals surface area contributed by atoms with Gasteiger partial charge in [0.1, 0.15) is 0 Å². The first-order valence-electron chi connectivity index (χ1n) is 9.42. The van der Waals surface area contributed by atoms with Gasteiger partial charge in [0.2, 0.25) is 0 Å². The summed E-state index contributed by atoms with van der Waals surface area (Å²) in [5, 5.41) is 17.5. The van der Waals surface area contributed by atoms with Crippen LogP contribution in [-0.4, -0.2) is 42.5 Å². The van der Waals surface area contributed by atoms with E-state index in [-0.39, 0.29) is 10.6 Å². The second-order valence-electron chi connectivity index (χ2n) is 6.78. The predicted molar refractivity (Wildman–Crippen MR) is 113 cm³/mol. The first-order chi connectivity index (χ1) is 13.5. The van der Waals surface area contributed by atoms with Crippen LogP contribution in [0.15, 0.2) is 59.6 Å². The van der Waals surface area contributed by atoms with Crippen molar-refractivity contribution in [2.45, 2.75) is 32.5 Å². The summed E-state index contributed by atoms with van der Waals surface area (Å²) < 4.78 is 0. The van der Waals surface area contributed by atoms with Crippen LogP contribution in [0.4, 0.5) is 5.69 Å². The van der Waals surface area contributed by atoms with E-state index in [1.165, 1.54) is 11.6 Å². The van der Waals surface area contributed by atoms with Crippen molar-refractivity contribution in [2.75, 3.05) is 20.6 Å². The first-order valence-corrected chi connectivity index (χ1v) is 9.42. The number of aliphatic imine (C=N–C) groups is 1. The molecule has 0 amide bonds. The van der Waals surface area contributed by atoms with E-state index in [9.17, 15) is 10.1 Å². The normalized spacial score (nSPS) is 12.6. The molecule has 0 saturated carbocycles. The average Bonchev–Trinajstić information content (AvgIpc) is 2.71. The number of guanidine groups is 1. The lowest BCUT2D eigenvalue weighted by Gasteiger charge is -2.25. The number of benzene rings is 2. The molecule has 0 radical (unpaired) electrons. The third-order valence-electron chi connectivity index (χ3n) is 4.74. The van der Waals surface area contributed by atoms with E-state index in [2.05, 4.69) is 58.8 Å². The molecule has 1 unspecified atom stereocenters. The topological polar surface area (TPSA) is 82.8 Å². The third kappa shape index (κ3) is 6.66. The van der Waals surface area contributed by atoms with Gasteiger partial charge in [0.15, 0.2) is 5.96 Å². The molecule has 2 N–H and O–H groups in total. The zero-order valence-corrected chi connectivity index (χ0v) is 16.8. The number of hydrogen-bond acceptors (Lipinski definition) is 4. The van der Waals surface area contributed by atoms with Crippen molar-refractivity contribution in [1.29, 1.82) is 0 Å². The van der Waals surface area contributed by atoms with Gasteiger partial charge in [-0.05, 0) is 26.0 Å². The fraction of sp³-hybridized carbons (Fsp3) is 0.381. The van der Waals surface area contributed by atoms with Gasteiger partial charge in [-0.25, -0.2) is 0 Å². The van der Waals surface area contributed by atoms with Crippen LogP contribution in [0, 0.1) is 10.1 Å². The standard InChI is InChI=1S/C21H29N5O2/c1-17(25(3)16-18-9-5-4-6-10-18)13-14-23-21(22-2)24-15-19-11-7-8-12-20(19)26(27)28/h4-12,17H,13-16H2,1-3H3,(H2,22,23,24). The number of nitrogens with one attached hydrogen (secondary N) is 2. The van der Waals surface area contributed by atoms with Crippen molar-refractivity contribution in [1.82, 2.24) is 15.5 Å². The van der Waals surface area contributed by atoms with Crippen molar-refractivity contribution in [3.8, 4) is 0 Å². The molecule has 7 heteroatoms. The van der Waals surface area contributed by atoms with E-state index < -0.39 is 0 Å². The Morgan fingerprint density at radius 2 is 1.82 bits per heavy atom. The second-order valence-corrected chi connectivity index (χ2v) is 6.78. The van der Waals surface area contributed by atoms with Gasteiger partial charge in [-0.3, -0.25) is 20.0 Å². The number of nitrogens with zero attached hydrogens (tertiary/aromatic N) is 3. The molecule has 0 aromatic heterocycles. The van der Waals surface area contributed by atoms with Crippen molar-refractivity contribution in [3.63, 3.8) is 0 Å². The zero-order valence-electron chi connectivity index (χ0n) is 16.8. The van der Waals surface area contributed by atoms with Gasteiger partial charge in [-0.15, -0.1) is 0 Å². The van der Waals surface area contributed by atoms with Crippen LogP contribution >= 0.6 is 0 Å². The van der Waals surface area contributed by atoms with E-state index in [1.807, 2.05) is 6.07 Å². The summed E-state index contributed by atoms with van der Waals surface area (Å²) in [6.07, 6.45) is 0.954. The number of para-hydroxylation sites is 1. The Morgan fingerprint density at radius 1 is 1.14 bits per heavy atom. The van der Waals surface area contributed by atoms with Gasteiger partial charge in [0.25, 0.3) is 5.69 Å². The predicted octanol–water partition coefficient (Wildman–Crippen LogP) is 3.17. The van der Waals surface area contributed by atoms with Crippen LogP contribution in [0.1, 0.15) is 24.5 Å². The molecule has 2 rings (SSSR count). The fourth-order valence-electron chi connectivity index (χ4n) is 2.89. The molecule has 150 valence electrons. The van der Waals surface area contributed by atoms with Gasteiger partial charge >= 0.3 is 0 Å². The van der Waals surface area contributed by atoms with Crippen molar-refractivity contribution in [3.05, 3.63) is 75.8 Å². The highest BCUT2D eigenvalue weighted by atomic mass is 16.6. The molecule has 0 fully saturated rings. The monoisotopic (exact) mass is 383 g/mol. The Bertz CT molecular complexity index is 779. The van der Waals surface area contributed by atoms with Gasteiger partial charge in [0.05, 0.1) is 4.92 Å². The Morgan fingerprint density at radius 3 is 2.50 bits per heavy atom. The molecule has 7 nitrogen and oxygen atoms in total. The van der Waals surface area contributed by atoms with Crippen LogP contribution in [0.5, 0.6) is 0 Å². The molecule has 1 atom stereocenters. The number of nitro benzene ring substituents is 1. The second kappa shape index (κ2) is 11.0. The van der Waals surface area contributed by atoms with Gasteiger partial charge in [-0.1, -0.05) is 48.5 Å². The van der Waals surface area contributed by atoms with Gasteiger partial charge in [0, 0.05) is 44.4 Å². The van der Waals surface area contributed by atoms with E-state index in [1.54, 1.807) is 25.2 Å². The molecule has 0 aliphatic heterocycles. The molecule has 0 spiro atoms. The van der Waals surface area contributed by atoms with E-state index in [4.69, 9.17) is 0 Å². The molecular formula is C21H29N5O2. The minimum absolute atomic E-state index is 0.113. The SMILES string of the molecule is CN=C(NCCC(C)N(C)Cc1ccccc1)NCc1ccccc1[N+](=O)[O-]. The summed E-state index contributed by atoms with van der Waals surface area (Å²) >= 11 is 0. The summed E-state index contributed by atoms with van der Waals surface area (Å²) in [4.78, 5) is 17.3. The largest absolute Gasteiger partial charge is 0.356 e. The van der Waals surface area contributed by atoms with Crippen molar-refractivity contribution >= 4 is 11.6 Å². The number of nitro groups is 1. The molecule has 0 aliphatic carbocycles. The Hall–Kier alpha value is -2.93. The maximum Gasteiger partial charge on any atom is 0.274 e. The van der Waals surface area contributed by atoms with E-state index in [0.717, 1.165) is 19.5 Å². The highest BCUT2D eigenvalue weighted by molar-refractivity contribution is 5.79. The van der Waals surface area contributed by atoms with Crippen LogP contribution in [0.3, 0.4) is 0 Å². The zero-order chi connectivity index (χ0) is 20.4. The van der Waals surface area contributed by atoms with Crippen molar-refractivity contribution < 1.29 is 4.92 Å². The van der Waals surface area contributed by atoms with Crippen LogP contribution in [-0.2, 0) is 13.1 Å². The molecule has 0 saturated heterocycles. The van der Waals surface area contributed by atoms with Gasteiger partial charge in [-0.2, -0.15) is 0 Å². The Balaban J connectivity index is 1.77. The van der Waals surface area contributed by atoms with Crippen LogP contribution in [0.25, 0.3) is 0 Å². The first kappa shape index (κ1) is 21.4. The summed E-state index contributed by atoms with van der Waals surface area (Å²) in [6, 6.07) is 17.5. The number of hydrogen-bond donors (Lipinski definition) is 2. The smallest absolute Gasteiger partial charge is 0.274 e. The molecule has 0 aliphatic rings. The quantitative estimate of drug-likeness (QED) is 0.301. The fourth-order valence-corrected chi connectivity index (χ4v) is 2.89. The average molecular weight is 383 g/mol.